The van der Waals surface area contributed by atoms with E-state index in [0.717, 1.165) is 21.6 Å². The van der Waals surface area contributed by atoms with Crippen molar-refractivity contribution in [3.05, 3.63) is 154 Å². The maximum Gasteiger partial charge on any atom is 0.421 e. The highest BCUT2D eigenvalue weighted by Gasteiger charge is 2.76. The third-order valence-electron chi connectivity index (χ3n) is 13.1. The van der Waals surface area contributed by atoms with Crippen LogP contribution in [0.1, 0.15) is 63.6 Å². The molecule has 2 fully saturated rings. The van der Waals surface area contributed by atoms with Crippen molar-refractivity contribution in [1.82, 2.24) is 9.80 Å². The zero-order valence-electron chi connectivity index (χ0n) is 36.7. The number of hydrogen-bond donors (Lipinski definition) is 2. The Balaban J connectivity index is 1.34. The van der Waals surface area contributed by atoms with Crippen LogP contribution in [0.4, 0.5) is 10.5 Å². The van der Waals surface area contributed by atoms with Crippen LogP contribution in [0.3, 0.4) is 0 Å². The van der Waals surface area contributed by atoms with Gasteiger partial charge in [0.05, 0.1) is 51.1 Å². The van der Waals surface area contributed by atoms with Gasteiger partial charge in [0.2, 0.25) is 11.8 Å². The van der Waals surface area contributed by atoms with Crippen molar-refractivity contribution in [3.63, 3.8) is 0 Å². The standard InChI is InChI=1S/C52H49N3O11/c1-62-26-27-65-51(61)54-40-22-17-32(12-10-11-25-56)28-39(40)52(50(54)60)43(48(58)53-24-23-36-29-41(63-2)42(64-3)30-37(36)31-53)45-49(59)66-46(34-15-8-5-9-16-34)44(33-13-6-4-7-14-33)55(45)47(52)35-18-20-38(57)21-19-35/h4-9,13-22,28-30,43-47,56-57H,11,23-27,31H2,1-3H3/t43-,44-,45-,46+,47+,52-/m1/s1. The topological polar surface area (TPSA) is 165 Å². The summed E-state index contributed by atoms with van der Waals surface area (Å²) in [5, 5.41) is 20.4. The number of anilines is 1. The second-order valence-electron chi connectivity index (χ2n) is 16.6. The number of fused-ring (bicyclic) bond motifs is 4. The fourth-order valence-corrected chi connectivity index (χ4v) is 10.4. The molecule has 2 saturated heterocycles. The number of ether oxygens (including phenoxy) is 5. The Kier molecular flexibility index (Phi) is 12.3. The summed E-state index contributed by atoms with van der Waals surface area (Å²) in [7, 11) is 4.56. The monoisotopic (exact) mass is 891 g/mol. The van der Waals surface area contributed by atoms with Crippen molar-refractivity contribution in [3.8, 4) is 29.1 Å². The molecule has 5 aromatic carbocycles. The van der Waals surface area contributed by atoms with Gasteiger partial charge in [0.15, 0.2) is 11.5 Å². The van der Waals surface area contributed by atoms with E-state index in [-0.39, 0.29) is 56.3 Å². The molecule has 5 aromatic rings. The number of rotatable bonds is 10. The van der Waals surface area contributed by atoms with Gasteiger partial charge >= 0.3 is 12.1 Å². The number of aromatic hydroxyl groups is 1. The fraction of sp³-hybridized carbons (Fsp3) is 0.308. The molecule has 14 heteroatoms. The van der Waals surface area contributed by atoms with Crippen molar-refractivity contribution in [2.24, 2.45) is 5.92 Å². The first kappa shape index (κ1) is 44.0. The lowest BCUT2D eigenvalue weighted by molar-refractivity contribution is -0.179. The first-order chi connectivity index (χ1) is 32.2. The largest absolute Gasteiger partial charge is 0.508 e. The van der Waals surface area contributed by atoms with Gasteiger partial charge in [0.1, 0.15) is 29.9 Å². The van der Waals surface area contributed by atoms with E-state index < -0.39 is 59.4 Å². The zero-order valence-corrected chi connectivity index (χ0v) is 36.7. The number of aliphatic hydroxyl groups is 1. The van der Waals surface area contributed by atoms with Gasteiger partial charge in [-0.15, -0.1) is 0 Å². The summed E-state index contributed by atoms with van der Waals surface area (Å²) in [4.78, 5) is 67.1. The molecule has 0 aliphatic carbocycles. The molecule has 0 bridgehead atoms. The average molecular weight is 892 g/mol. The Morgan fingerprint density at radius 1 is 0.803 bits per heavy atom. The quantitative estimate of drug-likeness (QED) is 0.0932. The van der Waals surface area contributed by atoms with E-state index in [0.29, 0.717) is 34.6 Å². The van der Waals surface area contributed by atoms with Gasteiger partial charge in [0, 0.05) is 32.2 Å². The molecule has 6 atom stereocenters. The summed E-state index contributed by atoms with van der Waals surface area (Å²) in [5.74, 6) is 3.49. The van der Waals surface area contributed by atoms with Crippen molar-refractivity contribution in [1.29, 1.82) is 0 Å². The lowest BCUT2D eigenvalue weighted by Crippen LogP contribution is -2.57. The van der Waals surface area contributed by atoms with Crippen LogP contribution < -0.4 is 14.4 Å². The maximum atomic E-state index is 16.4. The minimum atomic E-state index is -2.04. The summed E-state index contributed by atoms with van der Waals surface area (Å²) >= 11 is 0. The summed E-state index contributed by atoms with van der Waals surface area (Å²) in [5.41, 5.74) is 2.50. The van der Waals surface area contributed by atoms with Gasteiger partial charge in [-0.2, -0.15) is 0 Å². The number of esters is 1. The fourth-order valence-electron chi connectivity index (χ4n) is 10.4. The molecule has 0 radical (unpaired) electrons. The number of nitrogens with zero attached hydrogens (tertiary/aromatic N) is 3. The van der Waals surface area contributed by atoms with Crippen LogP contribution in [0.5, 0.6) is 17.2 Å². The number of methoxy groups -OCH3 is 3. The Hall–Kier alpha value is -7.18. The van der Waals surface area contributed by atoms with Gasteiger partial charge in [0.25, 0.3) is 0 Å². The number of phenols is 1. The first-order valence-corrected chi connectivity index (χ1v) is 21.8. The molecule has 4 aliphatic heterocycles. The number of morpholine rings is 1. The summed E-state index contributed by atoms with van der Waals surface area (Å²) < 4.78 is 28.7. The minimum absolute atomic E-state index is 0.0446. The second-order valence-corrected chi connectivity index (χ2v) is 16.6. The van der Waals surface area contributed by atoms with Crippen molar-refractivity contribution in [2.75, 3.05) is 52.6 Å². The Bertz CT molecular complexity index is 2720. The van der Waals surface area contributed by atoms with Crippen molar-refractivity contribution in [2.45, 2.75) is 49.0 Å². The average Bonchev–Trinajstić information content (AvgIpc) is 3.80. The number of carbonyl (C=O) groups excluding carboxylic acids is 4. The number of aliphatic hydroxyl groups excluding tert-OH is 1. The van der Waals surface area contributed by atoms with Gasteiger partial charge < -0.3 is 38.8 Å². The molecule has 338 valence electrons. The van der Waals surface area contributed by atoms with Crippen molar-refractivity contribution < 1.29 is 53.1 Å². The summed E-state index contributed by atoms with van der Waals surface area (Å²) in [6.45, 7) is 0.0354. The predicted molar refractivity (Wildman–Crippen MR) is 241 cm³/mol. The van der Waals surface area contributed by atoms with E-state index in [9.17, 15) is 15.0 Å². The highest BCUT2D eigenvalue weighted by molar-refractivity contribution is 6.23. The van der Waals surface area contributed by atoms with E-state index in [1.807, 2.05) is 77.7 Å². The highest BCUT2D eigenvalue weighted by atomic mass is 16.6. The lowest BCUT2D eigenvalue weighted by Gasteiger charge is -2.46. The van der Waals surface area contributed by atoms with E-state index >= 15 is 14.4 Å². The van der Waals surface area contributed by atoms with Crippen LogP contribution in [-0.4, -0.2) is 97.6 Å². The number of hydrogen-bond acceptors (Lipinski definition) is 12. The number of cyclic esters (lactones) is 1. The number of benzene rings is 5. The Morgan fingerprint density at radius 3 is 2.15 bits per heavy atom. The van der Waals surface area contributed by atoms with Crippen LogP contribution in [0.2, 0.25) is 0 Å². The lowest BCUT2D eigenvalue weighted by atomic mass is 9.64. The molecule has 0 saturated carbocycles. The molecule has 4 heterocycles. The third-order valence-corrected chi connectivity index (χ3v) is 13.1. The molecule has 0 aromatic heterocycles. The van der Waals surface area contributed by atoms with Crippen molar-refractivity contribution >= 4 is 29.6 Å². The molecule has 4 aliphatic rings. The molecule has 14 nitrogen and oxygen atoms in total. The molecule has 3 amide bonds. The van der Waals surface area contributed by atoms with Crippen LogP contribution >= 0.6 is 0 Å². The highest BCUT2D eigenvalue weighted by Crippen LogP contribution is 2.66. The SMILES string of the molecule is COCCOC(=O)N1C(=O)[C@@]2(c3cc(C#CCCO)ccc31)[C@H](c1ccc(O)cc1)N1[C@H](c3ccccc3)[C@H](c3ccccc3)OC(=O)[C@H]1[C@@H]2C(=O)N1CCc2cc(OC)c(OC)cc2C1. The van der Waals surface area contributed by atoms with Gasteiger partial charge in [-0.05, 0) is 82.3 Å². The van der Waals surface area contributed by atoms with Crippen LogP contribution in [0.15, 0.2) is 115 Å². The number of carbonyl (C=O) groups is 4. The van der Waals surface area contributed by atoms with E-state index in [1.165, 1.54) is 26.4 Å². The number of phenolic OH excluding ortho intramolecular Hbond substituents is 1. The van der Waals surface area contributed by atoms with Gasteiger partial charge in [-0.25, -0.2) is 9.69 Å². The third kappa shape index (κ3) is 7.39. The molecule has 9 rings (SSSR count). The predicted octanol–water partition coefficient (Wildman–Crippen LogP) is 6.18. The first-order valence-electron chi connectivity index (χ1n) is 21.8. The van der Waals surface area contributed by atoms with E-state index in [2.05, 4.69) is 11.8 Å². The smallest absolute Gasteiger partial charge is 0.421 e. The molecule has 1 spiro atoms. The van der Waals surface area contributed by atoms with E-state index in [1.54, 1.807) is 42.3 Å². The maximum absolute atomic E-state index is 16.4. The van der Waals surface area contributed by atoms with Crippen LogP contribution in [-0.2, 0) is 47.0 Å². The van der Waals surface area contributed by atoms with Gasteiger partial charge in [-0.3, -0.25) is 19.3 Å². The molecule has 0 unspecified atom stereocenters. The Labute approximate surface area is 382 Å². The number of amides is 3. The normalized spacial score (nSPS) is 23.0. The van der Waals surface area contributed by atoms with Crippen LogP contribution in [0.25, 0.3) is 0 Å². The van der Waals surface area contributed by atoms with E-state index in [4.69, 9.17) is 23.7 Å². The molecule has 2 N–H and O–H groups in total. The second kappa shape index (κ2) is 18.4. The minimum Gasteiger partial charge on any atom is -0.508 e. The number of imide groups is 1. The molecular weight excluding hydrogens is 843 g/mol. The summed E-state index contributed by atoms with van der Waals surface area (Å²) in [6, 6.07) is 30.5. The molecular formula is C52H49N3O11. The van der Waals surface area contributed by atoms with Gasteiger partial charge in [-0.1, -0.05) is 84.6 Å². The molecule has 66 heavy (non-hydrogen) atoms. The zero-order chi connectivity index (χ0) is 46.1. The Morgan fingerprint density at radius 2 is 1.48 bits per heavy atom. The van der Waals surface area contributed by atoms with Crippen LogP contribution in [0, 0.1) is 17.8 Å². The summed E-state index contributed by atoms with van der Waals surface area (Å²) in [6.07, 6.45) is -1.32.